The number of ether oxygens (including phenoxy) is 2. The molecule has 2 rings (SSSR count). The van der Waals surface area contributed by atoms with Crippen LogP contribution in [0.1, 0.15) is 38.7 Å². The van der Waals surface area contributed by atoms with E-state index in [0.29, 0.717) is 20.9 Å². The van der Waals surface area contributed by atoms with Crippen molar-refractivity contribution in [2.75, 3.05) is 6.61 Å². The topological polar surface area (TPSA) is 18.5 Å². The molecule has 0 aliphatic carbocycles. The zero-order chi connectivity index (χ0) is 15.8. The average Bonchev–Trinajstić information content (AvgIpc) is 3.05. The second-order valence-corrected chi connectivity index (χ2v) is 9.13. The van der Waals surface area contributed by atoms with Crippen LogP contribution >= 0.6 is 11.3 Å². The van der Waals surface area contributed by atoms with Gasteiger partial charge < -0.3 is 0 Å². The fourth-order valence-corrected chi connectivity index (χ4v) is 4.93. The van der Waals surface area contributed by atoms with Crippen molar-refractivity contribution >= 4 is 30.1 Å². The van der Waals surface area contributed by atoms with E-state index in [4.69, 9.17) is 9.47 Å². The SMILES string of the molecule is CCC(C)c1ccc(OC(C)OCC[Se]c2cccs2)cc1. The van der Waals surface area contributed by atoms with Gasteiger partial charge in [-0.3, -0.25) is 0 Å². The van der Waals surface area contributed by atoms with Gasteiger partial charge in [0.25, 0.3) is 0 Å². The molecule has 1 aromatic heterocycles. The van der Waals surface area contributed by atoms with E-state index in [1.54, 1.807) is 0 Å². The molecular weight excluding hydrogens is 359 g/mol. The minimum atomic E-state index is -0.200. The number of hydrogen-bond acceptors (Lipinski definition) is 3. The Balaban J connectivity index is 1.68. The fourth-order valence-electron chi connectivity index (χ4n) is 2.04. The van der Waals surface area contributed by atoms with E-state index in [9.17, 15) is 0 Å². The van der Waals surface area contributed by atoms with Crippen LogP contribution in [0.5, 0.6) is 5.75 Å². The summed E-state index contributed by atoms with van der Waals surface area (Å²) in [5.74, 6) is 1.48. The summed E-state index contributed by atoms with van der Waals surface area (Å²) in [6, 6.07) is 12.7. The molecule has 1 aromatic carbocycles. The van der Waals surface area contributed by atoms with E-state index in [-0.39, 0.29) is 6.29 Å². The molecule has 22 heavy (non-hydrogen) atoms. The van der Waals surface area contributed by atoms with Crippen LogP contribution < -0.4 is 8.51 Å². The van der Waals surface area contributed by atoms with E-state index in [1.165, 1.54) is 9.34 Å². The Morgan fingerprint density at radius 2 is 1.91 bits per heavy atom. The van der Waals surface area contributed by atoms with Crippen molar-refractivity contribution in [3.05, 3.63) is 47.3 Å². The second-order valence-electron chi connectivity index (χ2n) is 5.22. The molecule has 0 amide bonds. The quantitative estimate of drug-likeness (QED) is 0.362. The van der Waals surface area contributed by atoms with E-state index in [1.807, 2.05) is 30.4 Å². The van der Waals surface area contributed by atoms with Crippen LogP contribution in [-0.2, 0) is 4.74 Å². The molecule has 120 valence electrons. The standard InChI is InChI=1S/C18H24O2SSe/c1-4-14(2)16-7-9-17(10-8-16)20-15(3)19-11-13-22-18-6-5-12-21-18/h5-10,12,14-15H,4,11,13H2,1-3H3. The molecule has 2 nitrogen and oxygen atoms in total. The molecule has 1 heterocycles. The summed E-state index contributed by atoms with van der Waals surface area (Å²) in [4.78, 5) is 0. The van der Waals surface area contributed by atoms with Gasteiger partial charge in [-0.25, -0.2) is 0 Å². The first-order chi connectivity index (χ1) is 10.7. The minimum absolute atomic E-state index is 0.200. The van der Waals surface area contributed by atoms with Gasteiger partial charge in [0.1, 0.15) is 0 Å². The summed E-state index contributed by atoms with van der Waals surface area (Å²) in [7, 11) is 0. The molecule has 0 saturated heterocycles. The van der Waals surface area contributed by atoms with Crippen LogP contribution in [0.2, 0.25) is 5.32 Å². The zero-order valence-electron chi connectivity index (χ0n) is 13.5. The summed E-state index contributed by atoms with van der Waals surface area (Å²) < 4.78 is 13.0. The van der Waals surface area contributed by atoms with Crippen LogP contribution in [0.3, 0.4) is 0 Å². The van der Waals surface area contributed by atoms with Crippen molar-refractivity contribution in [1.29, 1.82) is 0 Å². The van der Waals surface area contributed by atoms with E-state index >= 15 is 0 Å². The van der Waals surface area contributed by atoms with Crippen LogP contribution in [-0.4, -0.2) is 27.9 Å². The molecule has 2 unspecified atom stereocenters. The normalized spacial score (nSPS) is 13.8. The van der Waals surface area contributed by atoms with Gasteiger partial charge in [-0.1, -0.05) is 0 Å². The first-order valence-electron chi connectivity index (χ1n) is 7.73. The Labute approximate surface area is 144 Å². The molecule has 2 atom stereocenters. The Morgan fingerprint density at radius 3 is 2.55 bits per heavy atom. The summed E-state index contributed by atoms with van der Waals surface area (Å²) in [6.45, 7) is 7.17. The van der Waals surface area contributed by atoms with E-state index < -0.39 is 0 Å². The van der Waals surface area contributed by atoms with E-state index in [2.05, 4.69) is 43.5 Å². The van der Waals surface area contributed by atoms with Crippen LogP contribution in [0, 0.1) is 0 Å². The first kappa shape index (κ1) is 17.6. The van der Waals surface area contributed by atoms with Crippen LogP contribution in [0.25, 0.3) is 0 Å². The van der Waals surface area contributed by atoms with Gasteiger partial charge in [0.2, 0.25) is 0 Å². The summed E-state index contributed by atoms with van der Waals surface area (Å²) in [5.41, 5.74) is 1.36. The van der Waals surface area contributed by atoms with Gasteiger partial charge in [0, 0.05) is 0 Å². The van der Waals surface area contributed by atoms with Crippen LogP contribution in [0.4, 0.5) is 0 Å². The molecule has 0 bridgehead atoms. The number of rotatable bonds is 9. The Kier molecular flexibility index (Phi) is 7.47. The maximum absolute atomic E-state index is 5.81. The molecule has 0 radical (unpaired) electrons. The maximum atomic E-state index is 5.81. The second kappa shape index (κ2) is 9.36. The van der Waals surface area contributed by atoms with Crippen LogP contribution in [0.15, 0.2) is 41.8 Å². The Hall–Kier alpha value is -0.801. The molecular formula is C18H24O2SSe. The van der Waals surface area contributed by atoms with Gasteiger partial charge >= 0.3 is 144 Å². The van der Waals surface area contributed by atoms with Crippen molar-refractivity contribution in [2.45, 2.75) is 44.7 Å². The van der Waals surface area contributed by atoms with Gasteiger partial charge in [0.15, 0.2) is 0 Å². The van der Waals surface area contributed by atoms with E-state index in [0.717, 1.165) is 24.1 Å². The van der Waals surface area contributed by atoms with Crippen molar-refractivity contribution in [1.82, 2.24) is 0 Å². The summed E-state index contributed by atoms with van der Waals surface area (Å²) >= 11 is 2.35. The Morgan fingerprint density at radius 1 is 1.14 bits per heavy atom. The molecule has 0 aliphatic rings. The van der Waals surface area contributed by atoms with Crippen molar-refractivity contribution in [3.63, 3.8) is 0 Å². The molecule has 2 aromatic rings. The summed E-state index contributed by atoms with van der Waals surface area (Å²) in [6.07, 6.45) is 0.958. The van der Waals surface area contributed by atoms with Crippen molar-refractivity contribution in [3.8, 4) is 5.75 Å². The van der Waals surface area contributed by atoms with Crippen molar-refractivity contribution in [2.24, 2.45) is 0 Å². The van der Waals surface area contributed by atoms with Crippen molar-refractivity contribution < 1.29 is 9.47 Å². The Bertz CT molecular complexity index is 525. The first-order valence-corrected chi connectivity index (χ1v) is 10.7. The number of hydrogen-bond donors (Lipinski definition) is 0. The monoisotopic (exact) mass is 384 g/mol. The third kappa shape index (κ3) is 5.77. The van der Waals surface area contributed by atoms with Gasteiger partial charge in [-0.05, 0) is 0 Å². The third-order valence-electron chi connectivity index (χ3n) is 3.54. The molecule has 0 aliphatic heterocycles. The number of thiophene rings is 1. The third-order valence-corrected chi connectivity index (χ3v) is 7.08. The number of benzene rings is 1. The van der Waals surface area contributed by atoms with Gasteiger partial charge in [-0.2, -0.15) is 0 Å². The molecule has 0 spiro atoms. The predicted octanol–water partition coefficient (Wildman–Crippen LogP) is 4.45. The fraction of sp³-hybridized carbons (Fsp3) is 0.444. The van der Waals surface area contributed by atoms with Gasteiger partial charge in [0.05, 0.1) is 0 Å². The molecule has 0 saturated carbocycles. The molecule has 4 heteroatoms. The molecule has 0 N–H and O–H groups in total. The zero-order valence-corrected chi connectivity index (χ0v) is 16.0. The molecule has 0 fully saturated rings. The van der Waals surface area contributed by atoms with Gasteiger partial charge in [-0.15, -0.1) is 0 Å². The predicted molar refractivity (Wildman–Crippen MR) is 95.7 cm³/mol. The summed E-state index contributed by atoms with van der Waals surface area (Å²) in [5, 5.41) is 3.22. The average molecular weight is 383 g/mol.